The standard InChI is InChI=1S/C11H15N3/c1-2-8(1)10-5-6-12-11(14-10)7-13-9-3-4-9/h5-6,8-9,13H,1-4,7H2. The maximum absolute atomic E-state index is 4.56. The number of rotatable bonds is 4. The zero-order chi connectivity index (χ0) is 9.38. The topological polar surface area (TPSA) is 37.8 Å². The van der Waals surface area contributed by atoms with Crippen LogP contribution in [0.4, 0.5) is 0 Å². The fourth-order valence-corrected chi connectivity index (χ4v) is 1.63. The molecule has 2 aliphatic carbocycles. The van der Waals surface area contributed by atoms with E-state index >= 15 is 0 Å². The van der Waals surface area contributed by atoms with E-state index in [1.54, 1.807) is 0 Å². The minimum absolute atomic E-state index is 0.734. The van der Waals surface area contributed by atoms with Gasteiger partial charge >= 0.3 is 0 Å². The number of hydrogen-bond acceptors (Lipinski definition) is 3. The minimum atomic E-state index is 0.734. The number of nitrogens with zero attached hydrogens (tertiary/aromatic N) is 2. The summed E-state index contributed by atoms with van der Waals surface area (Å²) < 4.78 is 0. The molecule has 0 bridgehead atoms. The van der Waals surface area contributed by atoms with Crippen LogP contribution in [-0.2, 0) is 6.54 Å². The lowest BCUT2D eigenvalue weighted by Gasteiger charge is -2.03. The molecule has 3 heteroatoms. The van der Waals surface area contributed by atoms with Gasteiger partial charge in [-0.1, -0.05) is 0 Å². The SMILES string of the molecule is c1cc(C2CC2)nc(CNC2CC2)n1. The van der Waals surface area contributed by atoms with Gasteiger partial charge in [-0.3, -0.25) is 0 Å². The molecule has 1 aromatic rings. The molecular weight excluding hydrogens is 174 g/mol. The van der Waals surface area contributed by atoms with E-state index < -0.39 is 0 Å². The fourth-order valence-electron chi connectivity index (χ4n) is 1.63. The summed E-state index contributed by atoms with van der Waals surface area (Å²) in [6, 6.07) is 2.79. The van der Waals surface area contributed by atoms with Gasteiger partial charge < -0.3 is 5.32 Å². The van der Waals surface area contributed by atoms with Crippen molar-refractivity contribution in [2.24, 2.45) is 0 Å². The molecule has 3 nitrogen and oxygen atoms in total. The Hall–Kier alpha value is -0.960. The van der Waals surface area contributed by atoms with Gasteiger partial charge in [-0.25, -0.2) is 9.97 Å². The van der Waals surface area contributed by atoms with Crippen molar-refractivity contribution >= 4 is 0 Å². The van der Waals surface area contributed by atoms with Crippen LogP contribution < -0.4 is 5.32 Å². The van der Waals surface area contributed by atoms with Crippen LogP contribution >= 0.6 is 0 Å². The summed E-state index contributed by atoms with van der Waals surface area (Å²) in [5, 5.41) is 3.43. The Kier molecular flexibility index (Phi) is 1.98. The molecule has 74 valence electrons. The highest BCUT2D eigenvalue weighted by Gasteiger charge is 2.25. The number of aromatic nitrogens is 2. The van der Waals surface area contributed by atoms with E-state index in [0.717, 1.165) is 24.3 Å². The molecule has 1 aromatic heterocycles. The summed E-state index contributed by atoms with van der Waals surface area (Å²) in [5.74, 6) is 1.69. The number of hydrogen-bond donors (Lipinski definition) is 1. The third kappa shape index (κ3) is 1.93. The Morgan fingerprint density at radius 1 is 1.29 bits per heavy atom. The summed E-state index contributed by atoms with van der Waals surface area (Å²) in [5.41, 5.74) is 1.24. The van der Waals surface area contributed by atoms with Crippen molar-refractivity contribution in [2.45, 2.75) is 44.2 Å². The van der Waals surface area contributed by atoms with E-state index in [2.05, 4.69) is 21.4 Å². The van der Waals surface area contributed by atoms with Gasteiger partial charge in [0.1, 0.15) is 5.82 Å². The molecule has 0 unspecified atom stereocenters. The molecule has 2 aliphatic rings. The maximum atomic E-state index is 4.56. The van der Waals surface area contributed by atoms with Crippen molar-refractivity contribution in [2.75, 3.05) is 0 Å². The molecular formula is C11H15N3. The van der Waals surface area contributed by atoms with E-state index in [9.17, 15) is 0 Å². The lowest BCUT2D eigenvalue weighted by molar-refractivity contribution is 0.653. The third-order valence-electron chi connectivity index (χ3n) is 2.85. The molecule has 0 amide bonds. The van der Waals surface area contributed by atoms with E-state index in [4.69, 9.17) is 0 Å². The van der Waals surface area contributed by atoms with Crippen LogP contribution in [0.15, 0.2) is 12.3 Å². The van der Waals surface area contributed by atoms with Crippen LogP contribution in [0.2, 0.25) is 0 Å². The molecule has 3 rings (SSSR count). The van der Waals surface area contributed by atoms with Gasteiger partial charge in [0.05, 0.1) is 6.54 Å². The summed E-state index contributed by atoms with van der Waals surface area (Å²) in [6.45, 7) is 0.839. The van der Waals surface area contributed by atoms with Crippen molar-refractivity contribution in [1.82, 2.24) is 15.3 Å². The second-order valence-electron chi connectivity index (χ2n) is 4.33. The lowest BCUT2D eigenvalue weighted by atomic mass is 10.3. The van der Waals surface area contributed by atoms with Gasteiger partial charge in [-0.05, 0) is 31.7 Å². The average Bonchev–Trinajstić information content (AvgIpc) is 3.06. The molecule has 0 spiro atoms. The lowest BCUT2D eigenvalue weighted by Crippen LogP contribution is -2.17. The van der Waals surface area contributed by atoms with Crippen molar-refractivity contribution < 1.29 is 0 Å². The van der Waals surface area contributed by atoms with Gasteiger partial charge in [-0.15, -0.1) is 0 Å². The summed E-state index contributed by atoms with van der Waals surface area (Å²) in [6.07, 6.45) is 7.16. The second-order valence-corrected chi connectivity index (χ2v) is 4.33. The molecule has 14 heavy (non-hydrogen) atoms. The molecule has 1 N–H and O–H groups in total. The van der Waals surface area contributed by atoms with Crippen LogP contribution in [0.5, 0.6) is 0 Å². The first-order valence-corrected chi connectivity index (χ1v) is 5.47. The van der Waals surface area contributed by atoms with Gasteiger partial charge in [0.15, 0.2) is 0 Å². The van der Waals surface area contributed by atoms with E-state index in [-0.39, 0.29) is 0 Å². The molecule has 0 radical (unpaired) electrons. The Balaban J connectivity index is 1.66. The van der Waals surface area contributed by atoms with Crippen LogP contribution in [0.3, 0.4) is 0 Å². The van der Waals surface area contributed by atoms with E-state index in [1.165, 1.54) is 31.4 Å². The third-order valence-corrected chi connectivity index (χ3v) is 2.85. The van der Waals surface area contributed by atoms with Crippen molar-refractivity contribution in [1.29, 1.82) is 0 Å². The highest BCUT2D eigenvalue weighted by atomic mass is 15.0. The fraction of sp³-hybridized carbons (Fsp3) is 0.636. The first-order valence-electron chi connectivity index (χ1n) is 5.47. The molecule has 0 aliphatic heterocycles. The normalized spacial score (nSPS) is 21.1. The minimum Gasteiger partial charge on any atom is -0.307 e. The van der Waals surface area contributed by atoms with Gasteiger partial charge in [0.2, 0.25) is 0 Å². The molecule has 1 heterocycles. The zero-order valence-electron chi connectivity index (χ0n) is 8.24. The smallest absolute Gasteiger partial charge is 0.142 e. The quantitative estimate of drug-likeness (QED) is 0.782. The van der Waals surface area contributed by atoms with Gasteiger partial charge in [-0.2, -0.15) is 0 Å². The molecule has 2 saturated carbocycles. The van der Waals surface area contributed by atoms with E-state index in [1.807, 2.05) is 6.20 Å². The Morgan fingerprint density at radius 2 is 2.14 bits per heavy atom. The Labute approximate surface area is 84.0 Å². The van der Waals surface area contributed by atoms with Crippen molar-refractivity contribution in [3.8, 4) is 0 Å². The first-order chi connectivity index (χ1) is 6.92. The molecule has 0 saturated heterocycles. The summed E-state index contributed by atoms with van der Waals surface area (Å²) in [4.78, 5) is 8.84. The predicted octanol–water partition coefficient (Wildman–Crippen LogP) is 1.61. The van der Waals surface area contributed by atoms with Gasteiger partial charge in [0, 0.05) is 23.9 Å². The van der Waals surface area contributed by atoms with Crippen molar-refractivity contribution in [3.05, 3.63) is 23.8 Å². The number of nitrogens with one attached hydrogen (secondary N) is 1. The summed E-state index contributed by atoms with van der Waals surface area (Å²) in [7, 11) is 0. The largest absolute Gasteiger partial charge is 0.307 e. The van der Waals surface area contributed by atoms with Crippen molar-refractivity contribution in [3.63, 3.8) is 0 Å². The molecule has 0 aromatic carbocycles. The predicted molar refractivity (Wildman–Crippen MR) is 53.9 cm³/mol. The van der Waals surface area contributed by atoms with Gasteiger partial charge in [0.25, 0.3) is 0 Å². The monoisotopic (exact) mass is 189 g/mol. The molecule has 0 atom stereocenters. The van der Waals surface area contributed by atoms with Crippen LogP contribution in [0.1, 0.15) is 43.1 Å². The van der Waals surface area contributed by atoms with Crippen LogP contribution in [-0.4, -0.2) is 16.0 Å². The second kappa shape index (κ2) is 3.31. The Bertz CT molecular complexity index is 329. The average molecular weight is 189 g/mol. The maximum Gasteiger partial charge on any atom is 0.142 e. The summed E-state index contributed by atoms with van der Waals surface area (Å²) >= 11 is 0. The first kappa shape index (κ1) is 8.36. The highest BCUT2D eigenvalue weighted by molar-refractivity contribution is 5.13. The van der Waals surface area contributed by atoms with Crippen LogP contribution in [0.25, 0.3) is 0 Å². The zero-order valence-corrected chi connectivity index (χ0v) is 8.24. The van der Waals surface area contributed by atoms with E-state index in [0.29, 0.717) is 0 Å². The Morgan fingerprint density at radius 3 is 2.86 bits per heavy atom. The van der Waals surface area contributed by atoms with Crippen LogP contribution in [0, 0.1) is 0 Å². The molecule has 2 fully saturated rings. The highest BCUT2D eigenvalue weighted by Crippen LogP contribution is 2.38.